The summed E-state index contributed by atoms with van der Waals surface area (Å²) in [6.07, 6.45) is -1.78. The van der Waals surface area contributed by atoms with Gasteiger partial charge in [0.2, 0.25) is 0 Å². The Hall–Kier alpha value is -1.03. The summed E-state index contributed by atoms with van der Waals surface area (Å²) < 4.78 is 57.8. The third kappa shape index (κ3) is 8.23. The smallest absolute Gasteiger partial charge is 0.330 e. The summed E-state index contributed by atoms with van der Waals surface area (Å²) >= 11 is 0. The molecule has 206 valence electrons. The van der Waals surface area contributed by atoms with E-state index >= 15 is 0 Å². The highest BCUT2D eigenvalue weighted by molar-refractivity contribution is 7.65. The van der Waals surface area contributed by atoms with Crippen LogP contribution in [-0.4, -0.2) is 51.3 Å². The second-order valence-electron chi connectivity index (χ2n) is 8.16. The average molecular weight is 577 g/mol. The van der Waals surface area contributed by atoms with Gasteiger partial charge in [0.05, 0.1) is 13.2 Å². The topological polar surface area (TPSA) is 262 Å². The summed E-state index contributed by atoms with van der Waals surface area (Å²) in [7, 11) is -17.4. The van der Waals surface area contributed by atoms with Crippen molar-refractivity contribution in [2.45, 2.75) is 56.6 Å². The van der Waals surface area contributed by atoms with Gasteiger partial charge in [-0.05, 0) is 18.8 Å². The minimum atomic E-state index is -6.05. The van der Waals surface area contributed by atoms with Gasteiger partial charge in [0, 0.05) is 12.3 Å². The molecule has 7 atom stereocenters. The Morgan fingerprint density at radius 1 is 0.944 bits per heavy atom. The van der Waals surface area contributed by atoms with Crippen LogP contribution in [-0.2, 0) is 36.1 Å². The number of hydrogen-bond donors (Lipinski definition) is 3. The summed E-state index contributed by atoms with van der Waals surface area (Å²) in [6.45, 7) is -1.45. The lowest BCUT2D eigenvalue weighted by molar-refractivity contribution is -0.252. The third-order valence-corrected chi connectivity index (χ3v) is 9.58. The van der Waals surface area contributed by atoms with E-state index in [1.807, 2.05) is 4.98 Å². The largest absolute Gasteiger partial charge is 0.756 e. The molecule has 2 heterocycles. The first-order valence-corrected chi connectivity index (χ1v) is 15.0. The number of nitrogens with one attached hydrogen (secondary N) is 1. The fourth-order valence-electron chi connectivity index (χ4n) is 3.75. The number of phosphoric acid groups is 3. The number of H-pyrrole nitrogens is 1. The lowest BCUT2D eigenvalue weighted by Gasteiger charge is -2.35. The van der Waals surface area contributed by atoms with Crippen LogP contribution in [0.5, 0.6) is 0 Å². The van der Waals surface area contributed by atoms with Gasteiger partial charge in [0.25, 0.3) is 29.0 Å². The molecule has 2 fully saturated rings. The molecule has 4 unspecified atom stereocenters. The first kappa shape index (κ1) is 29.5. The molecule has 20 heteroatoms. The molecular weight excluding hydrogens is 553 g/mol. The van der Waals surface area contributed by atoms with Crippen LogP contribution in [0, 0.1) is 5.92 Å². The van der Waals surface area contributed by atoms with Crippen molar-refractivity contribution in [3.05, 3.63) is 33.1 Å². The number of aliphatic hydroxyl groups excluding tert-OH is 2. The number of aromatic amines is 1. The average Bonchev–Trinajstić information content (AvgIpc) is 3.04. The van der Waals surface area contributed by atoms with Crippen molar-refractivity contribution in [1.29, 1.82) is 0 Å². The number of ether oxygens (including phenoxy) is 1. The summed E-state index contributed by atoms with van der Waals surface area (Å²) in [6, 6.07) is 0.923. The number of rotatable bonds is 11. The SMILES string of the molecule is O=c1ccn([C@@H]2O[C@H](COP(=O)([O-])OP(=O)([O-])OP(=O)([O-])OCC3CCCCC3)C(O)[C@@H]2O)c(=O)[nH]1. The van der Waals surface area contributed by atoms with E-state index in [0.717, 1.165) is 31.5 Å². The van der Waals surface area contributed by atoms with Crippen molar-refractivity contribution in [3.8, 4) is 0 Å². The molecule has 0 bridgehead atoms. The van der Waals surface area contributed by atoms with Gasteiger partial charge in [-0.3, -0.25) is 28.0 Å². The highest BCUT2D eigenvalue weighted by atomic mass is 31.3. The van der Waals surface area contributed by atoms with Gasteiger partial charge >= 0.3 is 5.69 Å². The lowest BCUT2D eigenvalue weighted by atomic mass is 9.90. The normalized spacial score (nSPS) is 30.4. The van der Waals surface area contributed by atoms with Gasteiger partial charge in [-0.25, -0.2) is 13.4 Å². The molecule has 1 aliphatic heterocycles. The van der Waals surface area contributed by atoms with Crippen LogP contribution < -0.4 is 25.9 Å². The van der Waals surface area contributed by atoms with Gasteiger partial charge in [0.1, 0.15) is 18.3 Å². The second kappa shape index (κ2) is 11.8. The number of hydrogen-bond acceptors (Lipinski definition) is 15. The molecule has 3 rings (SSSR count). The van der Waals surface area contributed by atoms with Crippen LogP contribution in [0.25, 0.3) is 0 Å². The predicted molar refractivity (Wildman–Crippen MR) is 111 cm³/mol. The van der Waals surface area contributed by atoms with Crippen LogP contribution in [0.4, 0.5) is 0 Å². The quantitative estimate of drug-likeness (QED) is 0.245. The Bertz CT molecular complexity index is 1160. The first-order chi connectivity index (χ1) is 16.7. The van der Waals surface area contributed by atoms with Crippen molar-refractivity contribution < 1.29 is 61.0 Å². The highest BCUT2D eigenvalue weighted by Gasteiger charge is 2.44. The standard InChI is InChI=1S/C16H27N2O15P3/c19-12-6-7-18(16(22)17-12)15-14(21)13(20)11(31-15)9-30-35(25,26)33-36(27,28)32-34(23,24)29-8-10-4-2-1-3-5-10/h6-7,10-11,13-15,20-21H,1-5,8-9H2,(H,23,24)(H,25,26)(H,27,28)(H,17,19,22)/p-3/t11-,13?,14+,15-/m1/s1. The van der Waals surface area contributed by atoms with E-state index in [-0.39, 0.29) is 12.5 Å². The van der Waals surface area contributed by atoms with Gasteiger partial charge < -0.3 is 38.7 Å². The van der Waals surface area contributed by atoms with E-state index in [9.17, 15) is 48.2 Å². The minimum absolute atomic E-state index is 0.130. The Kier molecular flexibility index (Phi) is 9.67. The maximum absolute atomic E-state index is 11.9. The molecule has 1 saturated heterocycles. The van der Waals surface area contributed by atoms with Crippen molar-refractivity contribution in [1.82, 2.24) is 9.55 Å². The Morgan fingerprint density at radius 2 is 1.53 bits per heavy atom. The molecule has 17 nitrogen and oxygen atoms in total. The van der Waals surface area contributed by atoms with Crippen LogP contribution in [0.2, 0.25) is 0 Å². The third-order valence-electron chi connectivity index (χ3n) is 5.45. The van der Waals surface area contributed by atoms with Crippen molar-refractivity contribution in [2.75, 3.05) is 13.2 Å². The van der Waals surface area contributed by atoms with E-state index in [1.54, 1.807) is 0 Å². The first-order valence-electron chi connectivity index (χ1n) is 10.7. The predicted octanol–water partition coefficient (Wildman–Crippen LogP) is -1.79. The van der Waals surface area contributed by atoms with Crippen molar-refractivity contribution in [2.24, 2.45) is 5.92 Å². The second-order valence-corrected chi connectivity index (χ2v) is 12.7. The molecule has 1 saturated carbocycles. The number of aliphatic hydroxyl groups is 2. The Labute approximate surface area is 203 Å². The molecule has 1 aliphatic carbocycles. The lowest BCUT2D eigenvalue weighted by Crippen LogP contribution is -2.37. The van der Waals surface area contributed by atoms with E-state index in [2.05, 4.69) is 17.7 Å². The summed E-state index contributed by atoms with van der Waals surface area (Å²) in [4.78, 5) is 60.5. The molecule has 2 aliphatic rings. The van der Waals surface area contributed by atoms with E-state index in [4.69, 9.17) is 4.74 Å². The van der Waals surface area contributed by atoms with Gasteiger partial charge in [0.15, 0.2) is 6.23 Å². The molecule has 3 N–H and O–H groups in total. The maximum atomic E-state index is 11.9. The summed E-state index contributed by atoms with van der Waals surface area (Å²) in [5, 5.41) is 20.2. The Balaban J connectivity index is 1.54. The van der Waals surface area contributed by atoms with Gasteiger partial charge in [-0.1, -0.05) is 19.3 Å². The molecule has 36 heavy (non-hydrogen) atoms. The number of phosphoric ester groups is 2. The summed E-state index contributed by atoms with van der Waals surface area (Å²) in [5.74, 6) is -0.130. The molecule has 0 radical (unpaired) electrons. The van der Waals surface area contributed by atoms with Gasteiger partial charge in [-0.2, -0.15) is 0 Å². The zero-order valence-corrected chi connectivity index (χ0v) is 21.2. The maximum Gasteiger partial charge on any atom is 0.330 e. The molecule has 0 amide bonds. The van der Waals surface area contributed by atoms with E-state index in [1.165, 1.54) is 0 Å². The van der Waals surface area contributed by atoms with E-state index in [0.29, 0.717) is 17.4 Å². The highest BCUT2D eigenvalue weighted by Crippen LogP contribution is 2.63. The molecule has 0 aromatic carbocycles. The van der Waals surface area contributed by atoms with Crippen molar-refractivity contribution in [3.63, 3.8) is 0 Å². The van der Waals surface area contributed by atoms with Crippen molar-refractivity contribution >= 4 is 23.5 Å². The van der Waals surface area contributed by atoms with Crippen LogP contribution in [0.15, 0.2) is 21.9 Å². The van der Waals surface area contributed by atoms with Crippen LogP contribution in [0.1, 0.15) is 38.3 Å². The zero-order chi connectivity index (χ0) is 26.7. The fourth-order valence-corrected chi connectivity index (χ4v) is 7.19. The van der Waals surface area contributed by atoms with Crippen LogP contribution >= 0.6 is 23.5 Å². The Morgan fingerprint density at radius 3 is 2.11 bits per heavy atom. The molecule has 1 aromatic rings. The summed E-state index contributed by atoms with van der Waals surface area (Å²) in [5.41, 5.74) is -1.75. The molecular formula is C16H24N2O15P3-3. The van der Waals surface area contributed by atoms with E-state index < -0.39 is 65.9 Å². The number of aromatic nitrogens is 2. The monoisotopic (exact) mass is 577 g/mol. The zero-order valence-electron chi connectivity index (χ0n) is 18.5. The number of nitrogens with zero attached hydrogens (tertiary/aromatic N) is 1. The fraction of sp³-hybridized carbons (Fsp3) is 0.750. The molecule has 1 aromatic heterocycles. The van der Waals surface area contributed by atoms with Crippen LogP contribution in [0.3, 0.4) is 0 Å². The molecule has 0 spiro atoms. The minimum Gasteiger partial charge on any atom is -0.756 e. The van der Waals surface area contributed by atoms with Gasteiger partial charge in [-0.15, -0.1) is 0 Å².